The fraction of sp³-hybridized carbons (Fsp3) is 0.727. The lowest BCUT2D eigenvalue weighted by Gasteiger charge is -2.18. The maximum absolute atomic E-state index is 10.0. The molecule has 1 heterocycles. The Hall–Kier alpha value is -1.19. The van der Waals surface area contributed by atoms with Gasteiger partial charge in [-0.05, 0) is 0 Å². The van der Waals surface area contributed by atoms with E-state index in [1.165, 1.54) is 0 Å². The summed E-state index contributed by atoms with van der Waals surface area (Å²) >= 11 is 0. The maximum Gasteiger partial charge on any atom is 0.165 e. The van der Waals surface area contributed by atoms with Crippen molar-refractivity contribution in [3.05, 3.63) is 11.4 Å². The van der Waals surface area contributed by atoms with Gasteiger partial charge in [-0.15, -0.1) is 9.94 Å². The van der Waals surface area contributed by atoms with E-state index in [-0.39, 0.29) is 16.6 Å². The molecule has 0 radical (unpaired) electrons. The third-order valence-electron chi connectivity index (χ3n) is 2.26. The molecule has 0 bridgehead atoms. The zero-order valence-corrected chi connectivity index (χ0v) is 10.3. The average Bonchev–Trinajstić information content (AvgIpc) is 2.22. The van der Waals surface area contributed by atoms with Crippen LogP contribution in [0.2, 0.25) is 0 Å². The second-order valence-corrected chi connectivity index (χ2v) is 5.94. The van der Waals surface area contributed by atoms with Gasteiger partial charge in [0.05, 0.1) is 0 Å². The third kappa shape index (κ3) is 2.08. The number of hydrogen-bond donors (Lipinski definition) is 2. The second-order valence-electron chi connectivity index (χ2n) is 5.94. The van der Waals surface area contributed by atoms with E-state index in [1.807, 2.05) is 41.5 Å². The molecule has 0 aliphatic heterocycles. The molecule has 0 fully saturated rings. The Morgan fingerprint density at radius 1 is 1.00 bits per heavy atom. The summed E-state index contributed by atoms with van der Waals surface area (Å²) in [6, 6.07) is 0. The highest BCUT2D eigenvalue weighted by atomic mass is 16.5. The van der Waals surface area contributed by atoms with Crippen LogP contribution in [0.4, 0.5) is 0 Å². The van der Waals surface area contributed by atoms with Crippen LogP contribution in [-0.2, 0) is 10.8 Å². The van der Waals surface area contributed by atoms with Crippen LogP contribution in [-0.4, -0.2) is 20.3 Å². The Morgan fingerprint density at radius 2 is 1.47 bits per heavy atom. The highest BCUT2D eigenvalue weighted by Gasteiger charge is 2.32. The van der Waals surface area contributed by atoms with Gasteiger partial charge in [-0.3, -0.25) is 0 Å². The van der Waals surface area contributed by atoms with Gasteiger partial charge >= 0.3 is 0 Å². The fourth-order valence-corrected chi connectivity index (χ4v) is 1.56. The zero-order valence-electron chi connectivity index (χ0n) is 10.3. The van der Waals surface area contributed by atoms with Crippen LogP contribution in [0.3, 0.4) is 0 Å². The van der Waals surface area contributed by atoms with Crippen molar-refractivity contribution in [2.24, 2.45) is 0 Å². The van der Waals surface area contributed by atoms with Crippen LogP contribution >= 0.6 is 0 Å². The molecule has 86 valence electrons. The number of aromatic hydroxyl groups is 1. The molecule has 0 aliphatic rings. The van der Waals surface area contributed by atoms with Gasteiger partial charge in [0.25, 0.3) is 0 Å². The predicted molar refractivity (Wildman–Crippen MR) is 58.5 cm³/mol. The Kier molecular flexibility index (Phi) is 2.50. The van der Waals surface area contributed by atoms with Gasteiger partial charge < -0.3 is 10.3 Å². The lowest BCUT2D eigenvalue weighted by atomic mass is 9.87. The van der Waals surface area contributed by atoms with Crippen molar-refractivity contribution in [1.29, 1.82) is 0 Å². The average molecular weight is 212 g/mol. The minimum atomic E-state index is -0.338. The van der Waals surface area contributed by atoms with Crippen molar-refractivity contribution < 1.29 is 10.3 Å². The number of rotatable bonds is 0. The molecule has 1 rings (SSSR count). The van der Waals surface area contributed by atoms with Crippen molar-refractivity contribution in [1.82, 2.24) is 9.94 Å². The van der Waals surface area contributed by atoms with E-state index < -0.39 is 0 Å². The van der Waals surface area contributed by atoms with Crippen LogP contribution in [0.25, 0.3) is 0 Å². The molecule has 0 saturated heterocycles. The van der Waals surface area contributed by atoms with Crippen molar-refractivity contribution in [3.8, 4) is 5.75 Å². The minimum absolute atomic E-state index is 0.0949. The maximum atomic E-state index is 10.0. The molecule has 1 aromatic heterocycles. The van der Waals surface area contributed by atoms with Crippen molar-refractivity contribution in [2.75, 3.05) is 0 Å². The molecule has 0 aliphatic carbocycles. The molecule has 2 N–H and O–H groups in total. The Bertz CT molecular complexity index is 367. The van der Waals surface area contributed by atoms with Crippen LogP contribution in [0.15, 0.2) is 0 Å². The highest BCUT2D eigenvalue weighted by Crippen LogP contribution is 2.37. The Labute approximate surface area is 90.5 Å². The molecule has 0 unspecified atom stereocenters. The van der Waals surface area contributed by atoms with E-state index in [9.17, 15) is 10.3 Å². The lowest BCUT2D eigenvalue weighted by molar-refractivity contribution is 0.127. The first-order valence-corrected chi connectivity index (χ1v) is 5.07. The molecular formula is C11H20N2O2. The number of nitrogens with zero attached hydrogens (tertiary/aromatic N) is 2. The molecule has 4 nitrogen and oxygen atoms in total. The lowest BCUT2D eigenvalue weighted by Crippen LogP contribution is -2.17. The summed E-state index contributed by atoms with van der Waals surface area (Å²) in [4.78, 5) is 0.788. The summed E-state index contributed by atoms with van der Waals surface area (Å²) in [6.45, 7) is 11.6. The van der Waals surface area contributed by atoms with Gasteiger partial charge in [0.2, 0.25) is 0 Å². The van der Waals surface area contributed by atoms with Crippen LogP contribution < -0.4 is 0 Å². The molecule has 0 atom stereocenters. The SMILES string of the molecule is CC(C)(C)c1nn(O)c(C(C)(C)C)c1O. The smallest absolute Gasteiger partial charge is 0.165 e. The van der Waals surface area contributed by atoms with Gasteiger partial charge in [0.1, 0.15) is 11.4 Å². The zero-order chi connectivity index (χ0) is 12.0. The molecule has 0 saturated carbocycles. The van der Waals surface area contributed by atoms with Gasteiger partial charge in [-0.1, -0.05) is 41.5 Å². The summed E-state index contributed by atoms with van der Waals surface area (Å²) in [5.74, 6) is 0.0949. The molecule has 1 aromatic rings. The third-order valence-corrected chi connectivity index (χ3v) is 2.26. The normalized spacial score (nSPS) is 13.2. The quantitative estimate of drug-likeness (QED) is 0.649. The summed E-state index contributed by atoms with van der Waals surface area (Å²) in [6.07, 6.45) is 0. The van der Waals surface area contributed by atoms with Crippen molar-refractivity contribution >= 4 is 0 Å². The van der Waals surface area contributed by atoms with Crippen molar-refractivity contribution in [2.45, 2.75) is 52.4 Å². The van der Waals surface area contributed by atoms with Gasteiger partial charge in [0.15, 0.2) is 5.75 Å². The molecule has 15 heavy (non-hydrogen) atoms. The first-order chi connectivity index (χ1) is 6.55. The van der Waals surface area contributed by atoms with Gasteiger partial charge in [0, 0.05) is 10.8 Å². The highest BCUT2D eigenvalue weighted by molar-refractivity contribution is 5.39. The standard InChI is InChI=1S/C11H20N2O2/c1-10(2,3)8-7(14)9(11(4,5)6)13(15)12-8/h14-15H,1-6H3. The van der Waals surface area contributed by atoms with Crippen LogP contribution in [0.1, 0.15) is 52.9 Å². The second kappa shape index (κ2) is 3.15. The van der Waals surface area contributed by atoms with E-state index in [0.29, 0.717) is 11.4 Å². The van der Waals surface area contributed by atoms with Gasteiger partial charge in [-0.25, -0.2) is 0 Å². The van der Waals surface area contributed by atoms with Crippen molar-refractivity contribution in [3.63, 3.8) is 0 Å². The van der Waals surface area contributed by atoms with E-state index in [0.717, 1.165) is 4.85 Å². The van der Waals surface area contributed by atoms with E-state index in [4.69, 9.17) is 0 Å². The first-order valence-electron chi connectivity index (χ1n) is 5.07. The Balaban J connectivity index is 3.41. The summed E-state index contributed by atoms with van der Waals surface area (Å²) < 4.78 is 0. The first kappa shape index (κ1) is 11.9. The molecule has 0 spiro atoms. The summed E-state index contributed by atoms with van der Waals surface area (Å²) in [5, 5.41) is 23.7. The minimum Gasteiger partial charge on any atom is -0.504 e. The number of aromatic nitrogens is 2. The van der Waals surface area contributed by atoms with Crippen LogP contribution in [0.5, 0.6) is 5.75 Å². The molecule has 0 amide bonds. The fourth-order valence-electron chi connectivity index (χ4n) is 1.56. The van der Waals surface area contributed by atoms with E-state index in [1.54, 1.807) is 0 Å². The molecular weight excluding hydrogens is 192 g/mol. The predicted octanol–water partition coefficient (Wildman–Crippen LogP) is 2.42. The van der Waals surface area contributed by atoms with Gasteiger partial charge in [-0.2, -0.15) is 0 Å². The number of hydrogen-bond acceptors (Lipinski definition) is 3. The van der Waals surface area contributed by atoms with Crippen LogP contribution in [0, 0.1) is 0 Å². The molecule has 4 heteroatoms. The Morgan fingerprint density at radius 3 is 1.67 bits per heavy atom. The van der Waals surface area contributed by atoms with E-state index >= 15 is 0 Å². The monoisotopic (exact) mass is 212 g/mol. The topological polar surface area (TPSA) is 58.3 Å². The molecule has 0 aromatic carbocycles. The summed E-state index contributed by atoms with van der Waals surface area (Å²) in [7, 11) is 0. The summed E-state index contributed by atoms with van der Waals surface area (Å²) in [5.41, 5.74) is 0.357. The van der Waals surface area contributed by atoms with E-state index in [2.05, 4.69) is 5.10 Å². The largest absolute Gasteiger partial charge is 0.504 e.